The molecule has 0 radical (unpaired) electrons. The summed E-state index contributed by atoms with van der Waals surface area (Å²) >= 11 is 0. The van der Waals surface area contributed by atoms with Crippen LogP contribution in [0.15, 0.2) is 30.5 Å². The second-order valence-corrected chi connectivity index (χ2v) is 4.12. The smallest absolute Gasteiger partial charge is 0.341 e. The van der Waals surface area contributed by atoms with Crippen LogP contribution in [0.25, 0.3) is 0 Å². The van der Waals surface area contributed by atoms with Gasteiger partial charge in [0.25, 0.3) is 5.69 Å². The summed E-state index contributed by atoms with van der Waals surface area (Å²) in [5.41, 5.74) is -0.185. The van der Waals surface area contributed by atoms with Crippen molar-refractivity contribution in [3.8, 4) is 11.6 Å². The Balaban J connectivity index is 2.37. The molecule has 8 heteroatoms. The molecule has 1 heterocycles. The Hall–Kier alpha value is -3.03. The van der Waals surface area contributed by atoms with E-state index in [0.29, 0.717) is 5.56 Å². The Labute approximate surface area is 117 Å². The lowest BCUT2D eigenvalue weighted by molar-refractivity contribution is -0.385. The summed E-state index contributed by atoms with van der Waals surface area (Å²) in [6.07, 6.45) is 0.819. The second-order valence-electron chi connectivity index (χ2n) is 4.12. The van der Waals surface area contributed by atoms with Crippen LogP contribution < -0.4 is 4.74 Å². The molecule has 7 nitrogen and oxygen atoms in total. The fourth-order valence-electron chi connectivity index (χ4n) is 1.67. The van der Waals surface area contributed by atoms with Gasteiger partial charge in [0.15, 0.2) is 0 Å². The number of aromatic carboxylic acids is 1. The Morgan fingerprint density at radius 2 is 2.14 bits per heavy atom. The summed E-state index contributed by atoms with van der Waals surface area (Å²) in [6.45, 7) is 1.52. The highest BCUT2D eigenvalue weighted by Crippen LogP contribution is 2.28. The molecule has 0 fully saturated rings. The van der Waals surface area contributed by atoms with E-state index < -0.39 is 22.3 Å². The van der Waals surface area contributed by atoms with Crippen LogP contribution in [0.2, 0.25) is 0 Å². The topological polar surface area (TPSA) is 103 Å². The number of pyridine rings is 1. The van der Waals surface area contributed by atoms with Gasteiger partial charge in [-0.25, -0.2) is 14.2 Å². The molecule has 0 spiro atoms. The van der Waals surface area contributed by atoms with Gasteiger partial charge in [0.2, 0.25) is 5.88 Å². The van der Waals surface area contributed by atoms with E-state index in [1.165, 1.54) is 25.1 Å². The normalized spacial score (nSPS) is 10.2. The van der Waals surface area contributed by atoms with Gasteiger partial charge in [-0.3, -0.25) is 10.1 Å². The Kier molecular flexibility index (Phi) is 3.79. The van der Waals surface area contributed by atoms with Gasteiger partial charge in [-0.1, -0.05) is 0 Å². The third-order valence-electron chi connectivity index (χ3n) is 2.63. The molecule has 1 N–H and O–H groups in total. The minimum atomic E-state index is -1.39. The molecule has 0 aliphatic carbocycles. The van der Waals surface area contributed by atoms with Crippen LogP contribution in [0.4, 0.5) is 10.1 Å². The Morgan fingerprint density at radius 3 is 2.71 bits per heavy atom. The summed E-state index contributed by atoms with van der Waals surface area (Å²) < 4.78 is 18.3. The summed E-state index contributed by atoms with van der Waals surface area (Å²) in [5, 5.41) is 19.7. The highest BCUT2D eigenvalue weighted by Gasteiger charge is 2.16. The van der Waals surface area contributed by atoms with E-state index in [2.05, 4.69) is 4.98 Å². The van der Waals surface area contributed by atoms with Crippen molar-refractivity contribution in [3.05, 3.63) is 57.5 Å². The summed E-state index contributed by atoms with van der Waals surface area (Å²) in [6, 6.07) is 4.69. The molecule has 2 aromatic rings. The molecule has 1 aromatic carbocycles. The Bertz CT molecular complexity index is 732. The number of carboxylic acids is 1. The number of carbonyl (C=O) groups is 1. The maximum atomic E-state index is 13.0. The molecule has 0 aliphatic heterocycles. The zero-order valence-electron chi connectivity index (χ0n) is 10.7. The lowest BCUT2D eigenvalue weighted by atomic mass is 10.2. The largest absolute Gasteiger partial charge is 0.477 e. The third-order valence-corrected chi connectivity index (χ3v) is 2.63. The number of hydrogen-bond donors (Lipinski definition) is 1. The van der Waals surface area contributed by atoms with Crippen LogP contribution in [0.3, 0.4) is 0 Å². The number of nitro benzene ring substituents is 1. The van der Waals surface area contributed by atoms with E-state index in [0.717, 1.165) is 12.3 Å². The van der Waals surface area contributed by atoms with Gasteiger partial charge in [-0.15, -0.1) is 0 Å². The van der Waals surface area contributed by atoms with Crippen LogP contribution in [0, 0.1) is 22.9 Å². The zero-order chi connectivity index (χ0) is 15.6. The number of rotatable bonds is 4. The van der Waals surface area contributed by atoms with Crippen molar-refractivity contribution in [2.24, 2.45) is 0 Å². The maximum absolute atomic E-state index is 13.0. The minimum absolute atomic E-state index is 0.0899. The minimum Gasteiger partial charge on any atom is -0.477 e. The summed E-state index contributed by atoms with van der Waals surface area (Å²) in [5.74, 6) is -2.33. The van der Waals surface area contributed by atoms with E-state index in [9.17, 15) is 19.3 Å². The zero-order valence-corrected chi connectivity index (χ0v) is 10.7. The Morgan fingerprint density at radius 1 is 1.43 bits per heavy atom. The number of hydrogen-bond acceptors (Lipinski definition) is 5. The number of halogens is 1. The van der Waals surface area contributed by atoms with Gasteiger partial charge < -0.3 is 9.84 Å². The number of nitrogens with zero attached hydrogens (tertiary/aromatic N) is 2. The van der Waals surface area contributed by atoms with Gasteiger partial charge in [0.1, 0.15) is 17.1 Å². The lowest BCUT2D eigenvalue weighted by Crippen LogP contribution is -2.03. The van der Waals surface area contributed by atoms with Crippen LogP contribution >= 0.6 is 0 Å². The first kappa shape index (κ1) is 14.4. The van der Waals surface area contributed by atoms with Gasteiger partial charge in [-0.05, 0) is 25.1 Å². The first-order chi connectivity index (χ1) is 9.88. The number of aryl methyl sites for hydroxylation is 1. The predicted octanol–water partition coefficient (Wildman–Crippen LogP) is 2.93. The SMILES string of the molecule is Cc1cc(Oc2ncc(F)cc2C(=O)O)ccc1[N+](=O)[O-]. The molecular weight excluding hydrogens is 283 g/mol. The summed E-state index contributed by atoms with van der Waals surface area (Å²) in [4.78, 5) is 24.7. The van der Waals surface area contributed by atoms with Gasteiger partial charge in [0.05, 0.1) is 11.1 Å². The van der Waals surface area contributed by atoms with Gasteiger partial charge >= 0.3 is 5.97 Å². The average molecular weight is 292 g/mol. The fourth-order valence-corrected chi connectivity index (χ4v) is 1.67. The predicted molar refractivity (Wildman–Crippen MR) is 69.1 cm³/mol. The standard InChI is InChI=1S/C13H9FN2O5/c1-7-4-9(2-3-11(7)16(19)20)21-12-10(13(17)18)5-8(14)6-15-12/h2-6H,1H3,(H,17,18). The molecule has 0 bridgehead atoms. The second kappa shape index (κ2) is 5.53. The van der Waals surface area contributed by atoms with Crippen LogP contribution in [-0.4, -0.2) is 21.0 Å². The molecule has 0 saturated heterocycles. The average Bonchev–Trinajstić information content (AvgIpc) is 2.40. The molecular formula is C13H9FN2O5. The summed E-state index contributed by atoms with van der Waals surface area (Å²) in [7, 11) is 0. The number of aromatic nitrogens is 1. The molecule has 21 heavy (non-hydrogen) atoms. The first-order valence-corrected chi connectivity index (χ1v) is 5.70. The molecule has 0 amide bonds. The van der Waals surface area contributed by atoms with Crippen LogP contribution in [0.1, 0.15) is 15.9 Å². The van der Waals surface area contributed by atoms with Crippen molar-refractivity contribution in [1.29, 1.82) is 0 Å². The quantitative estimate of drug-likeness (QED) is 0.686. The van der Waals surface area contributed by atoms with Crippen molar-refractivity contribution < 1.29 is 24.0 Å². The number of carboxylic acid groups (broad SMARTS) is 1. The highest BCUT2D eigenvalue weighted by atomic mass is 19.1. The van der Waals surface area contributed by atoms with Crippen molar-refractivity contribution in [2.75, 3.05) is 0 Å². The molecule has 0 atom stereocenters. The van der Waals surface area contributed by atoms with Crippen LogP contribution in [-0.2, 0) is 0 Å². The number of nitro groups is 1. The maximum Gasteiger partial charge on any atom is 0.341 e. The molecule has 1 aromatic heterocycles. The van der Waals surface area contributed by atoms with Crippen molar-refractivity contribution in [2.45, 2.75) is 6.92 Å². The van der Waals surface area contributed by atoms with E-state index in [-0.39, 0.29) is 17.3 Å². The molecule has 2 rings (SSSR count). The molecule has 0 aliphatic rings. The van der Waals surface area contributed by atoms with E-state index >= 15 is 0 Å². The first-order valence-electron chi connectivity index (χ1n) is 5.70. The number of benzene rings is 1. The highest BCUT2D eigenvalue weighted by molar-refractivity contribution is 5.90. The van der Waals surface area contributed by atoms with E-state index in [1.807, 2.05) is 0 Å². The van der Waals surface area contributed by atoms with E-state index in [4.69, 9.17) is 9.84 Å². The van der Waals surface area contributed by atoms with Crippen molar-refractivity contribution in [1.82, 2.24) is 4.98 Å². The van der Waals surface area contributed by atoms with E-state index in [1.54, 1.807) is 0 Å². The fraction of sp³-hybridized carbons (Fsp3) is 0.0769. The van der Waals surface area contributed by atoms with Gasteiger partial charge in [-0.2, -0.15) is 0 Å². The van der Waals surface area contributed by atoms with Crippen LogP contribution in [0.5, 0.6) is 11.6 Å². The third kappa shape index (κ3) is 3.11. The lowest BCUT2D eigenvalue weighted by Gasteiger charge is -2.08. The van der Waals surface area contributed by atoms with Gasteiger partial charge in [0, 0.05) is 11.6 Å². The number of ether oxygens (including phenoxy) is 1. The van der Waals surface area contributed by atoms with Crippen molar-refractivity contribution >= 4 is 11.7 Å². The molecule has 0 unspecified atom stereocenters. The molecule has 0 saturated carbocycles. The molecule has 108 valence electrons. The monoisotopic (exact) mass is 292 g/mol. The van der Waals surface area contributed by atoms with Crippen molar-refractivity contribution in [3.63, 3.8) is 0 Å².